The summed E-state index contributed by atoms with van der Waals surface area (Å²) in [6, 6.07) is 14.4. The van der Waals surface area contributed by atoms with E-state index in [-0.39, 0.29) is 20.3 Å². The van der Waals surface area contributed by atoms with Gasteiger partial charge in [-0.3, -0.25) is 0 Å². The largest absolute Gasteiger partial charge is 0.497 e. The van der Waals surface area contributed by atoms with Gasteiger partial charge in [0, 0.05) is 11.6 Å². The smallest absolute Gasteiger partial charge is 0.164 e. The molecule has 28 heavy (non-hydrogen) atoms. The maximum atomic E-state index is 5.41. The molecule has 0 unspecified atom stereocenters. The van der Waals surface area contributed by atoms with Gasteiger partial charge >= 0.3 is 0 Å². The molecule has 2 aromatic rings. The fourth-order valence-corrected chi connectivity index (χ4v) is 2.55. The predicted octanol–water partition coefficient (Wildman–Crippen LogP) is 7.27. The van der Waals surface area contributed by atoms with Crippen LogP contribution in [0.3, 0.4) is 0 Å². The van der Waals surface area contributed by atoms with Crippen LogP contribution in [0.1, 0.15) is 67.5 Å². The van der Waals surface area contributed by atoms with E-state index in [0.29, 0.717) is 11.2 Å². The number of methoxy groups -OCH3 is 3. The molecule has 0 radical (unpaired) electrons. The SMILES string of the molecule is C.C.CC(C)(C)c1ccccc1.COc1cc(OC)c(OC)c(C(C)(C)C)c1. The molecule has 2 aromatic carbocycles. The van der Waals surface area contributed by atoms with E-state index in [4.69, 9.17) is 14.2 Å². The molecule has 3 heteroatoms. The van der Waals surface area contributed by atoms with Crippen molar-refractivity contribution in [3.8, 4) is 17.2 Å². The molecule has 0 atom stereocenters. The average Bonchev–Trinajstić information content (AvgIpc) is 2.60. The highest BCUT2D eigenvalue weighted by atomic mass is 16.5. The molecule has 160 valence electrons. The fourth-order valence-electron chi connectivity index (χ4n) is 2.55. The first kappa shape index (κ1) is 28.1. The maximum Gasteiger partial charge on any atom is 0.164 e. The monoisotopic (exact) mass is 390 g/mol. The van der Waals surface area contributed by atoms with E-state index in [1.807, 2.05) is 12.1 Å². The van der Waals surface area contributed by atoms with Gasteiger partial charge in [0.05, 0.1) is 21.3 Å². The van der Waals surface area contributed by atoms with Crippen molar-refractivity contribution in [1.29, 1.82) is 0 Å². The van der Waals surface area contributed by atoms with E-state index < -0.39 is 0 Å². The van der Waals surface area contributed by atoms with Gasteiger partial charge < -0.3 is 14.2 Å². The summed E-state index contributed by atoms with van der Waals surface area (Å²) >= 11 is 0. The van der Waals surface area contributed by atoms with Crippen LogP contribution in [0, 0.1) is 0 Å². The van der Waals surface area contributed by atoms with E-state index in [1.165, 1.54) is 5.56 Å². The van der Waals surface area contributed by atoms with E-state index in [2.05, 4.69) is 71.9 Å². The first-order valence-corrected chi connectivity index (χ1v) is 8.90. The molecular weight excluding hydrogens is 348 g/mol. The van der Waals surface area contributed by atoms with Crippen molar-refractivity contribution in [3.63, 3.8) is 0 Å². The van der Waals surface area contributed by atoms with Gasteiger partial charge in [-0.15, -0.1) is 0 Å². The fraction of sp³-hybridized carbons (Fsp3) is 0.520. The van der Waals surface area contributed by atoms with Crippen molar-refractivity contribution in [1.82, 2.24) is 0 Å². The molecule has 0 heterocycles. The van der Waals surface area contributed by atoms with Gasteiger partial charge in [0.1, 0.15) is 5.75 Å². The highest BCUT2D eigenvalue weighted by Crippen LogP contribution is 2.41. The molecule has 0 spiro atoms. The van der Waals surface area contributed by atoms with Gasteiger partial charge in [-0.1, -0.05) is 86.7 Å². The highest BCUT2D eigenvalue weighted by molar-refractivity contribution is 5.54. The number of hydrogen-bond donors (Lipinski definition) is 0. The van der Waals surface area contributed by atoms with Gasteiger partial charge in [-0.05, 0) is 22.5 Å². The Morgan fingerprint density at radius 2 is 1.18 bits per heavy atom. The molecule has 0 N–H and O–H groups in total. The van der Waals surface area contributed by atoms with Crippen LogP contribution < -0.4 is 14.2 Å². The lowest BCUT2D eigenvalue weighted by molar-refractivity contribution is 0.339. The minimum atomic E-state index is -0.0207. The Balaban J connectivity index is 0. The molecule has 0 aliphatic carbocycles. The van der Waals surface area contributed by atoms with Crippen LogP contribution in [0.2, 0.25) is 0 Å². The molecule has 0 aliphatic heterocycles. The van der Waals surface area contributed by atoms with E-state index >= 15 is 0 Å². The Labute approximate surface area is 174 Å². The minimum absolute atomic E-state index is 0. The minimum Gasteiger partial charge on any atom is -0.497 e. The Bertz CT molecular complexity index is 677. The lowest BCUT2D eigenvalue weighted by Crippen LogP contribution is -2.13. The van der Waals surface area contributed by atoms with Crippen LogP contribution in [-0.4, -0.2) is 21.3 Å². The van der Waals surface area contributed by atoms with Crippen LogP contribution in [-0.2, 0) is 10.8 Å². The quantitative estimate of drug-likeness (QED) is 0.551. The van der Waals surface area contributed by atoms with Gasteiger partial charge in [0.15, 0.2) is 11.5 Å². The normalized spacial score (nSPS) is 10.5. The number of benzene rings is 2. The molecule has 0 aliphatic rings. The van der Waals surface area contributed by atoms with Crippen LogP contribution in [0.5, 0.6) is 17.2 Å². The molecule has 0 amide bonds. The molecule has 3 nitrogen and oxygen atoms in total. The van der Waals surface area contributed by atoms with E-state index in [0.717, 1.165) is 17.1 Å². The predicted molar refractivity (Wildman–Crippen MR) is 123 cm³/mol. The second-order valence-corrected chi connectivity index (χ2v) is 8.28. The van der Waals surface area contributed by atoms with E-state index in [1.54, 1.807) is 21.3 Å². The third kappa shape index (κ3) is 7.84. The molecule has 2 rings (SSSR count). The first-order valence-electron chi connectivity index (χ1n) is 8.90. The van der Waals surface area contributed by atoms with Gasteiger partial charge in [0.25, 0.3) is 0 Å². The van der Waals surface area contributed by atoms with Gasteiger partial charge in [0.2, 0.25) is 0 Å². The molecule has 0 saturated carbocycles. The Morgan fingerprint density at radius 3 is 1.50 bits per heavy atom. The third-order valence-corrected chi connectivity index (χ3v) is 4.14. The van der Waals surface area contributed by atoms with Crippen LogP contribution in [0.25, 0.3) is 0 Å². The Kier molecular flexibility index (Phi) is 11.7. The molecule has 0 aromatic heterocycles. The van der Waals surface area contributed by atoms with Gasteiger partial charge in [-0.2, -0.15) is 0 Å². The molecule has 0 saturated heterocycles. The lowest BCUT2D eigenvalue weighted by Gasteiger charge is -2.24. The van der Waals surface area contributed by atoms with Crippen molar-refractivity contribution < 1.29 is 14.2 Å². The standard InChI is InChI=1S/C13H20O3.C10H14.2CH4/c1-13(2,3)10-7-9(14-4)8-11(15-5)12(10)16-6;1-10(2,3)9-7-5-4-6-8-9;;/h7-8H,1-6H3;4-8H,1-3H3;2*1H4. The highest BCUT2D eigenvalue weighted by Gasteiger charge is 2.23. The zero-order valence-corrected chi connectivity index (χ0v) is 17.8. The summed E-state index contributed by atoms with van der Waals surface area (Å²) in [7, 11) is 4.93. The van der Waals surface area contributed by atoms with E-state index in [9.17, 15) is 0 Å². The second-order valence-electron chi connectivity index (χ2n) is 8.28. The zero-order valence-electron chi connectivity index (χ0n) is 17.8. The summed E-state index contributed by atoms with van der Waals surface area (Å²) in [4.78, 5) is 0. The number of ether oxygens (including phenoxy) is 3. The lowest BCUT2D eigenvalue weighted by atomic mass is 9.86. The second kappa shape index (κ2) is 11.6. The summed E-state index contributed by atoms with van der Waals surface area (Å²) in [6.07, 6.45) is 0. The van der Waals surface area contributed by atoms with Crippen molar-refractivity contribution >= 4 is 0 Å². The summed E-state index contributed by atoms with van der Waals surface area (Å²) in [5, 5.41) is 0. The maximum absolute atomic E-state index is 5.41. The number of rotatable bonds is 3. The summed E-state index contributed by atoms with van der Waals surface area (Å²) in [5.41, 5.74) is 2.75. The summed E-state index contributed by atoms with van der Waals surface area (Å²) in [6.45, 7) is 13.1. The van der Waals surface area contributed by atoms with Crippen LogP contribution in [0.4, 0.5) is 0 Å². The van der Waals surface area contributed by atoms with Crippen molar-refractivity contribution in [3.05, 3.63) is 53.6 Å². The topological polar surface area (TPSA) is 27.7 Å². The molecular formula is C25H42O3. The molecule has 0 bridgehead atoms. The van der Waals surface area contributed by atoms with Crippen molar-refractivity contribution in [2.24, 2.45) is 0 Å². The molecule has 0 fully saturated rings. The Hall–Kier alpha value is -2.16. The summed E-state index contributed by atoms with van der Waals surface area (Å²) < 4.78 is 16.0. The zero-order chi connectivity index (χ0) is 20.0. The third-order valence-electron chi connectivity index (χ3n) is 4.14. The number of hydrogen-bond acceptors (Lipinski definition) is 3. The Morgan fingerprint density at radius 1 is 0.643 bits per heavy atom. The van der Waals surface area contributed by atoms with Gasteiger partial charge in [-0.25, -0.2) is 0 Å². The van der Waals surface area contributed by atoms with Crippen molar-refractivity contribution in [2.75, 3.05) is 21.3 Å². The van der Waals surface area contributed by atoms with Crippen LogP contribution >= 0.6 is 0 Å². The van der Waals surface area contributed by atoms with Crippen LogP contribution in [0.15, 0.2) is 42.5 Å². The van der Waals surface area contributed by atoms with Crippen molar-refractivity contribution in [2.45, 2.75) is 67.2 Å². The average molecular weight is 391 g/mol. The summed E-state index contributed by atoms with van der Waals surface area (Å²) in [5.74, 6) is 2.25. The first-order chi connectivity index (χ1) is 12.0.